The van der Waals surface area contributed by atoms with Crippen LogP contribution in [0.25, 0.3) is 0 Å². The van der Waals surface area contributed by atoms with Gasteiger partial charge in [-0.05, 0) is 54.7 Å². The van der Waals surface area contributed by atoms with Gasteiger partial charge in [0.05, 0.1) is 0 Å². The Morgan fingerprint density at radius 1 is 1.11 bits per heavy atom. The first kappa shape index (κ1) is 14.2. The second-order valence-corrected chi connectivity index (χ2v) is 5.82. The molecule has 0 aromatic heterocycles. The van der Waals surface area contributed by atoms with Gasteiger partial charge in [-0.3, -0.25) is 0 Å². The zero-order valence-corrected chi connectivity index (χ0v) is 12.7. The molecule has 0 radical (unpaired) electrons. The normalized spacial score (nSPS) is 12.5. The molecule has 2 aromatic carbocycles. The maximum atomic E-state index is 13.6. The highest BCUT2D eigenvalue weighted by Crippen LogP contribution is 2.22. The number of halogens is 2. The molecular formula is C16H17BrFN. The fourth-order valence-corrected chi connectivity index (χ4v) is 2.45. The van der Waals surface area contributed by atoms with E-state index in [0.29, 0.717) is 11.1 Å². The standard InChI is InChI=1S/C16H17BrFN/c1-10-7-13(8-11(2)16(10)18)15(19)9-12-3-5-14(17)6-4-12/h3-8,15H,9,19H2,1-2H3. The van der Waals surface area contributed by atoms with E-state index in [1.54, 1.807) is 13.8 Å². The summed E-state index contributed by atoms with van der Waals surface area (Å²) in [4.78, 5) is 0. The molecule has 0 aliphatic heterocycles. The summed E-state index contributed by atoms with van der Waals surface area (Å²) < 4.78 is 14.7. The zero-order chi connectivity index (χ0) is 14.0. The molecule has 3 heteroatoms. The molecule has 0 amide bonds. The Balaban J connectivity index is 2.20. The number of benzene rings is 2. The van der Waals surface area contributed by atoms with Crippen LogP contribution in [0.3, 0.4) is 0 Å². The molecule has 0 aliphatic rings. The van der Waals surface area contributed by atoms with Gasteiger partial charge in [-0.1, -0.05) is 40.2 Å². The van der Waals surface area contributed by atoms with Gasteiger partial charge in [0.25, 0.3) is 0 Å². The lowest BCUT2D eigenvalue weighted by atomic mass is 9.96. The van der Waals surface area contributed by atoms with Crippen LogP contribution in [0, 0.1) is 19.7 Å². The summed E-state index contributed by atoms with van der Waals surface area (Å²) >= 11 is 3.41. The molecule has 1 nitrogen and oxygen atoms in total. The van der Waals surface area contributed by atoms with Crippen LogP contribution in [0.2, 0.25) is 0 Å². The summed E-state index contributed by atoms with van der Waals surface area (Å²) in [5.41, 5.74) is 9.69. The van der Waals surface area contributed by atoms with Crippen molar-refractivity contribution in [3.63, 3.8) is 0 Å². The Bertz CT molecular complexity index is 555. The minimum absolute atomic E-state index is 0.112. The van der Waals surface area contributed by atoms with Gasteiger partial charge in [-0.2, -0.15) is 0 Å². The van der Waals surface area contributed by atoms with E-state index in [2.05, 4.69) is 15.9 Å². The van der Waals surface area contributed by atoms with Gasteiger partial charge in [0.2, 0.25) is 0 Å². The van der Waals surface area contributed by atoms with Gasteiger partial charge in [-0.15, -0.1) is 0 Å². The van der Waals surface area contributed by atoms with Crippen molar-refractivity contribution in [3.05, 3.63) is 68.9 Å². The SMILES string of the molecule is Cc1cc(C(N)Cc2ccc(Br)cc2)cc(C)c1F. The lowest BCUT2D eigenvalue weighted by Crippen LogP contribution is -2.14. The lowest BCUT2D eigenvalue weighted by molar-refractivity contribution is 0.605. The molecule has 1 atom stereocenters. The molecular weight excluding hydrogens is 305 g/mol. The van der Waals surface area contributed by atoms with Crippen molar-refractivity contribution in [2.75, 3.05) is 0 Å². The Morgan fingerprint density at radius 3 is 2.16 bits per heavy atom. The number of aryl methyl sites for hydroxylation is 2. The first-order valence-corrected chi connectivity index (χ1v) is 7.03. The molecule has 1 unspecified atom stereocenters. The van der Waals surface area contributed by atoms with Crippen LogP contribution in [-0.2, 0) is 6.42 Å². The van der Waals surface area contributed by atoms with E-state index in [4.69, 9.17) is 5.73 Å². The third-order valence-electron chi connectivity index (χ3n) is 3.26. The van der Waals surface area contributed by atoms with Gasteiger partial charge in [0.15, 0.2) is 0 Å². The minimum Gasteiger partial charge on any atom is -0.324 e. The van der Waals surface area contributed by atoms with Gasteiger partial charge in [0, 0.05) is 10.5 Å². The average molecular weight is 322 g/mol. The second kappa shape index (κ2) is 5.85. The maximum absolute atomic E-state index is 13.6. The van der Waals surface area contributed by atoms with Crippen molar-refractivity contribution in [3.8, 4) is 0 Å². The smallest absolute Gasteiger partial charge is 0.129 e. The molecule has 2 aromatic rings. The van der Waals surface area contributed by atoms with Crippen LogP contribution in [0.1, 0.15) is 28.3 Å². The van der Waals surface area contributed by atoms with E-state index in [9.17, 15) is 4.39 Å². The third-order valence-corrected chi connectivity index (χ3v) is 3.78. The van der Waals surface area contributed by atoms with Gasteiger partial charge < -0.3 is 5.73 Å². The topological polar surface area (TPSA) is 26.0 Å². The molecule has 2 rings (SSSR count). The van der Waals surface area contributed by atoms with Crippen LogP contribution in [-0.4, -0.2) is 0 Å². The van der Waals surface area contributed by atoms with E-state index in [0.717, 1.165) is 16.5 Å². The quantitative estimate of drug-likeness (QED) is 0.888. The van der Waals surface area contributed by atoms with Crippen molar-refractivity contribution >= 4 is 15.9 Å². The van der Waals surface area contributed by atoms with Crippen molar-refractivity contribution in [1.29, 1.82) is 0 Å². The van der Waals surface area contributed by atoms with Crippen molar-refractivity contribution in [2.24, 2.45) is 5.73 Å². The summed E-state index contributed by atoms with van der Waals surface area (Å²) in [7, 11) is 0. The zero-order valence-electron chi connectivity index (χ0n) is 11.1. The van der Waals surface area contributed by atoms with E-state index >= 15 is 0 Å². The highest BCUT2D eigenvalue weighted by molar-refractivity contribution is 9.10. The number of hydrogen-bond acceptors (Lipinski definition) is 1. The average Bonchev–Trinajstić information content (AvgIpc) is 2.38. The lowest BCUT2D eigenvalue weighted by Gasteiger charge is -2.14. The first-order chi connectivity index (χ1) is 8.97. The number of nitrogens with two attached hydrogens (primary N) is 1. The predicted octanol–water partition coefficient (Wildman–Crippen LogP) is 4.45. The Kier molecular flexibility index (Phi) is 4.38. The van der Waals surface area contributed by atoms with E-state index in [-0.39, 0.29) is 11.9 Å². The van der Waals surface area contributed by atoms with E-state index < -0.39 is 0 Å². The van der Waals surface area contributed by atoms with Crippen molar-refractivity contribution in [2.45, 2.75) is 26.3 Å². The van der Waals surface area contributed by atoms with Gasteiger partial charge in [-0.25, -0.2) is 4.39 Å². The van der Waals surface area contributed by atoms with Crippen LogP contribution >= 0.6 is 15.9 Å². The van der Waals surface area contributed by atoms with Crippen LogP contribution < -0.4 is 5.73 Å². The molecule has 0 bridgehead atoms. The Labute approximate surface area is 121 Å². The molecule has 0 aliphatic carbocycles. The summed E-state index contributed by atoms with van der Waals surface area (Å²) in [5.74, 6) is -0.139. The van der Waals surface area contributed by atoms with E-state index in [1.165, 1.54) is 5.56 Å². The summed E-state index contributed by atoms with van der Waals surface area (Å²) in [6, 6.07) is 11.7. The highest BCUT2D eigenvalue weighted by atomic mass is 79.9. The molecule has 0 heterocycles. The predicted molar refractivity (Wildman–Crippen MR) is 80.6 cm³/mol. The van der Waals surface area contributed by atoms with Crippen LogP contribution in [0.4, 0.5) is 4.39 Å². The molecule has 0 saturated heterocycles. The first-order valence-electron chi connectivity index (χ1n) is 6.24. The van der Waals surface area contributed by atoms with E-state index in [1.807, 2.05) is 36.4 Å². The minimum atomic E-state index is -0.139. The number of rotatable bonds is 3. The summed E-state index contributed by atoms with van der Waals surface area (Å²) in [6.07, 6.45) is 0.748. The van der Waals surface area contributed by atoms with Gasteiger partial charge in [0.1, 0.15) is 5.82 Å². The molecule has 100 valence electrons. The summed E-state index contributed by atoms with van der Waals surface area (Å²) in [6.45, 7) is 3.55. The molecule has 19 heavy (non-hydrogen) atoms. The third kappa shape index (κ3) is 3.43. The van der Waals surface area contributed by atoms with Crippen LogP contribution in [0.5, 0.6) is 0 Å². The Morgan fingerprint density at radius 2 is 1.63 bits per heavy atom. The highest BCUT2D eigenvalue weighted by Gasteiger charge is 2.11. The largest absolute Gasteiger partial charge is 0.324 e. The fraction of sp³-hybridized carbons (Fsp3) is 0.250. The fourth-order valence-electron chi connectivity index (χ4n) is 2.19. The molecule has 0 fully saturated rings. The molecule has 0 spiro atoms. The monoisotopic (exact) mass is 321 g/mol. The summed E-state index contributed by atoms with van der Waals surface area (Å²) in [5, 5.41) is 0. The van der Waals surface area contributed by atoms with Crippen LogP contribution in [0.15, 0.2) is 40.9 Å². The van der Waals surface area contributed by atoms with Crippen molar-refractivity contribution in [1.82, 2.24) is 0 Å². The second-order valence-electron chi connectivity index (χ2n) is 4.91. The molecule has 2 N–H and O–H groups in total. The Hall–Kier alpha value is -1.19. The molecule has 0 saturated carbocycles. The number of hydrogen-bond donors (Lipinski definition) is 1. The van der Waals surface area contributed by atoms with Gasteiger partial charge >= 0.3 is 0 Å². The van der Waals surface area contributed by atoms with Crippen molar-refractivity contribution < 1.29 is 4.39 Å². The maximum Gasteiger partial charge on any atom is 0.129 e.